The van der Waals surface area contributed by atoms with Gasteiger partial charge in [-0.2, -0.15) is 0 Å². The number of amides is 2. The average molecular weight is 664 g/mol. The maximum absolute atomic E-state index is 14.5. The highest BCUT2D eigenvalue weighted by molar-refractivity contribution is 7.92. The Kier molecular flexibility index (Phi) is 11.6. The van der Waals surface area contributed by atoms with E-state index in [1.165, 1.54) is 41.3 Å². The lowest BCUT2D eigenvalue weighted by Crippen LogP contribution is -2.53. The van der Waals surface area contributed by atoms with Gasteiger partial charge >= 0.3 is 0 Å². The highest BCUT2D eigenvalue weighted by Crippen LogP contribution is 2.27. The van der Waals surface area contributed by atoms with Crippen LogP contribution in [0.15, 0.2) is 102 Å². The zero-order valence-electron chi connectivity index (χ0n) is 26.4. The van der Waals surface area contributed by atoms with Crippen LogP contribution in [-0.2, 0) is 32.6 Å². The van der Waals surface area contributed by atoms with Crippen molar-refractivity contribution >= 4 is 39.1 Å². The van der Waals surface area contributed by atoms with Crippen molar-refractivity contribution in [3.8, 4) is 0 Å². The lowest BCUT2D eigenvalue weighted by molar-refractivity contribution is -0.140. The molecular formula is C36H39ClFN3O4S. The van der Waals surface area contributed by atoms with Gasteiger partial charge in [-0.1, -0.05) is 74.0 Å². The van der Waals surface area contributed by atoms with E-state index in [4.69, 9.17) is 11.6 Å². The number of aryl methyl sites for hydroxylation is 2. The first-order valence-electron chi connectivity index (χ1n) is 15.1. The van der Waals surface area contributed by atoms with Crippen molar-refractivity contribution in [3.05, 3.63) is 130 Å². The van der Waals surface area contributed by atoms with Crippen molar-refractivity contribution in [1.29, 1.82) is 0 Å². The normalized spacial score (nSPS) is 12.1. The average Bonchev–Trinajstić information content (AvgIpc) is 3.03. The standard InChI is InChI=1S/C36H39ClFN3O4S/c1-25(2)22-39-36(43)34(21-28-8-6-5-7-9-28)40(23-29-11-15-31(38)16-12-29)35(42)24-41(32-17-10-26(3)27(4)20-32)46(44,45)33-18-13-30(37)14-19-33/h5-20,25,34H,21-24H2,1-4H3,(H,39,43). The minimum Gasteiger partial charge on any atom is -0.354 e. The van der Waals surface area contributed by atoms with Crippen molar-refractivity contribution in [1.82, 2.24) is 10.2 Å². The Morgan fingerprint density at radius 1 is 0.848 bits per heavy atom. The van der Waals surface area contributed by atoms with Gasteiger partial charge in [0.1, 0.15) is 18.4 Å². The van der Waals surface area contributed by atoms with Gasteiger partial charge in [0.15, 0.2) is 0 Å². The third kappa shape index (κ3) is 8.95. The Morgan fingerprint density at radius 2 is 1.50 bits per heavy atom. The monoisotopic (exact) mass is 663 g/mol. The molecule has 1 unspecified atom stereocenters. The van der Waals surface area contributed by atoms with Crippen molar-refractivity contribution in [2.24, 2.45) is 5.92 Å². The Labute approximate surface area is 276 Å². The van der Waals surface area contributed by atoms with Gasteiger partial charge in [-0.3, -0.25) is 13.9 Å². The molecular weight excluding hydrogens is 625 g/mol. The Balaban J connectivity index is 1.81. The third-order valence-corrected chi connectivity index (χ3v) is 9.72. The van der Waals surface area contributed by atoms with Crippen LogP contribution in [0.1, 0.15) is 36.1 Å². The van der Waals surface area contributed by atoms with Gasteiger partial charge in [-0.05, 0) is 90.6 Å². The second kappa shape index (κ2) is 15.4. The molecule has 0 aliphatic heterocycles. The van der Waals surface area contributed by atoms with Crippen LogP contribution in [0, 0.1) is 25.6 Å². The number of hydrogen-bond donors (Lipinski definition) is 1. The summed E-state index contributed by atoms with van der Waals surface area (Å²) < 4.78 is 43.2. The third-order valence-electron chi connectivity index (χ3n) is 7.68. The predicted molar refractivity (Wildman–Crippen MR) is 181 cm³/mol. The van der Waals surface area contributed by atoms with Crippen LogP contribution < -0.4 is 9.62 Å². The Bertz CT molecular complexity index is 1750. The molecule has 4 rings (SSSR count). The molecule has 7 nitrogen and oxygen atoms in total. The second-order valence-corrected chi connectivity index (χ2v) is 14.0. The molecule has 0 fully saturated rings. The number of anilines is 1. The molecule has 0 saturated heterocycles. The molecule has 1 atom stereocenters. The fraction of sp³-hybridized carbons (Fsp3) is 0.278. The van der Waals surface area contributed by atoms with E-state index in [9.17, 15) is 22.4 Å². The maximum Gasteiger partial charge on any atom is 0.264 e. The van der Waals surface area contributed by atoms with Gasteiger partial charge < -0.3 is 10.2 Å². The molecule has 0 saturated carbocycles. The summed E-state index contributed by atoms with van der Waals surface area (Å²) in [7, 11) is -4.26. The van der Waals surface area contributed by atoms with Gasteiger partial charge in [-0.15, -0.1) is 0 Å². The number of nitrogens with zero attached hydrogens (tertiary/aromatic N) is 2. The molecule has 0 heterocycles. The lowest BCUT2D eigenvalue weighted by atomic mass is 10.0. The number of rotatable bonds is 13. The molecule has 0 radical (unpaired) electrons. The van der Waals surface area contributed by atoms with Crippen LogP contribution in [0.4, 0.5) is 10.1 Å². The first-order chi connectivity index (χ1) is 21.8. The molecule has 46 heavy (non-hydrogen) atoms. The molecule has 0 bridgehead atoms. The topological polar surface area (TPSA) is 86.8 Å². The molecule has 0 aliphatic carbocycles. The van der Waals surface area contributed by atoms with Gasteiger partial charge in [0.25, 0.3) is 10.0 Å². The number of hydrogen-bond acceptors (Lipinski definition) is 4. The molecule has 0 aliphatic rings. The van der Waals surface area contributed by atoms with E-state index in [1.54, 1.807) is 30.3 Å². The number of benzene rings is 4. The summed E-state index contributed by atoms with van der Waals surface area (Å²) in [5.74, 6) is -1.24. The Morgan fingerprint density at radius 3 is 2.11 bits per heavy atom. The maximum atomic E-state index is 14.5. The van der Waals surface area contributed by atoms with E-state index in [-0.39, 0.29) is 29.7 Å². The molecule has 4 aromatic rings. The number of halogens is 2. The van der Waals surface area contributed by atoms with Crippen LogP contribution in [0.3, 0.4) is 0 Å². The Hall–Kier alpha value is -4.21. The minimum absolute atomic E-state index is 0.0384. The first kappa shape index (κ1) is 34.7. The highest BCUT2D eigenvalue weighted by Gasteiger charge is 2.34. The SMILES string of the molecule is Cc1ccc(N(CC(=O)N(Cc2ccc(F)cc2)C(Cc2ccccc2)C(=O)NCC(C)C)S(=O)(=O)c2ccc(Cl)cc2)cc1C. The summed E-state index contributed by atoms with van der Waals surface area (Å²) in [5.41, 5.74) is 3.52. The largest absolute Gasteiger partial charge is 0.354 e. The number of carbonyl (C=O) groups is 2. The molecule has 0 aromatic heterocycles. The summed E-state index contributed by atoms with van der Waals surface area (Å²) in [6.45, 7) is 7.47. The van der Waals surface area contributed by atoms with E-state index in [1.807, 2.05) is 58.0 Å². The molecule has 1 N–H and O–H groups in total. The summed E-state index contributed by atoms with van der Waals surface area (Å²) in [6.07, 6.45) is 0.186. The van der Waals surface area contributed by atoms with Gasteiger partial charge in [0.2, 0.25) is 11.8 Å². The van der Waals surface area contributed by atoms with Crippen LogP contribution >= 0.6 is 11.6 Å². The molecule has 2 amide bonds. The smallest absolute Gasteiger partial charge is 0.264 e. The van der Waals surface area contributed by atoms with E-state index >= 15 is 0 Å². The van der Waals surface area contributed by atoms with E-state index in [0.29, 0.717) is 22.8 Å². The molecule has 0 spiro atoms. The van der Waals surface area contributed by atoms with Crippen LogP contribution in [0.5, 0.6) is 0 Å². The summed E-state index contributed by atoms with van der Waals surface area (Å²) in [4.78, 5) is 29.7. The van der Waals surface area contributed by atoms with Crippen LogP contribution in [-0.4, -0.2) is 44.3 Å². The summed E-state index contributed by atoms with van der Waals surface area (Å²) in [5, 5.41) is 3.33. The fourth-order valence-electron chi connectivity index (χ4n) is 4.91. The fourth-order valence-corrected chi connectivity index (χ4v) is 6.44. The van der Waals surface area contributed by atoms with Gasteiger partial charge in [-0.25, -0.2) is 12.8 Å². The number of carbonyl (C=O) groups excluding carboxylic acids is 2. The van der Waals surface area contributed by atoms with Crippen LogP contribution in [0.2, 0.25) is 5.02 Å². The highest BCUT2D eigenvalue weighted by atomic mass is 35.5. The molecule has 242 valence electrons. The zero-order valence-corrected chi connectivity index (χ0v) is 28.0. The first-order valence-corrected chi connectivity index (χ1v) is 16.9. The van der Waals surface area contributed by atoms with Gasteiger partial charge in [0, 0.05) is 24.5 Å². The minimum atomic E-state index is -4.26. The number of nitrogens with one attached hydrogen (secondary N) is 1. The van der Waals surface area contributed by atoms with Crippen molar-refractivity contribution in [2.45, 2.75) is 51.6 Å². The molecule has 10 heteroatoms. The second-order valence-electron chi connectivity index (χ2n) is 11.7. The predicted octanol–water partition coefficient (Wildman–Crippen LogP) is 6.70. The quantitative estimate of drug-likeness (QED) is 0.172. The van der Waals surface area contributed by atoms with Crippen molar-refractivity contribution in [3.63, 3.8) is 0 Å². The van der Waals surface area contributed by atoms with E-state index in [0.717, 1.165) is 21.0 Å². The molecule has 4 aromatic carbocycles. The lowest BCUT2D eigenvalue weighted by Gasteiger charge is -2.34. The summed E-state index contributed by atoms with van der Waals surface area (Å²) >= 11 is 6.05. The summed E-state index contributed by atoms with van der Waals surface area (Å²) in [6, 6.07) is 24.9. The van der Waals surface area contributed by atoms with Crippen molar-refractivity contribution < 1.29 is 22.4 Å². The zero-order chi connectivity index (χ0) is 33.4. The van der Waals surface area contributed by atoms with Crippen molar-refractivity contribution in [2.75, 3.05) is 17.4 Å². The van der Waals surface area contributed by atoms with Crippen LogP contribution in [0.25, 0.3) is 0 Å². The van der Waals surface area contributed by atoms with E-state index < -0.39 is 34.3 Å². The van der Waals surface area contributed by atoms with E-state index in [2.05, 4.69) is 5.32 Å². The van der Waals surface area contributed by atoms with Gasteiger partial charge in [0.05, 0.1) is 10.6 Å². The number of sulfonamides is 1.